The number of oxime groups is 2. The molecular formula is C20H22FN3O4. The first-order valence-corrected chi connectivity index (χ1v) is 8.46. The predicted octanol–water partition coefficient (Wildman–Crippen LogP) is 3.30. The lowest BCUT2D eigenvalue weighted by atomic mass is 9.99. The van der Waals surface area contributed by atoms with E-state index in [4.69, 9.17) is 14.4 Å². The fourth-order valence-electron chi connectivity index (χ4n) is 2.45. The smallest absolute Gasteiger partial charge is 0.360 e. The van der Waals surface area contributed by atoms with Crippen molar-refractivity contribution < 1.29 is 23.6 Å². The summed E-state index contributed by atoms with van der Waals surface area (Å²) in [6, 6.07) is 6.73. The number of methoxy groups -OCH3 is 1. The largest absolute Gasteiger partial charge is 0.464 e. The highest BCUT2D eigenvalue weighted by molar-refractivity contribution is 6.43. The highest BCUT2D eigenvalue weighted by Crippen LogP contribution is 2.18. The SMILES string of the molecule is CO/N=C(/C(=O)OC)c1cccc(C)c1CO/N=C(\C)c1cnc(C)c(F)c1. The van der Waals surface area contributed by atoms with Crippen molar-refractivity contribution >= 4 is 17.4 Å². The first kappa shape index (κ1) is 21.0. The second-order valence-corrected chi connectivity index (χ2v) is 5.96. The zero-order valence-electron chi connectivity index (χ0n) is 16.4. The third-order valence-electron chi connectivity index (χ3n) is 4.08. The van der Waals surface area contributed by atoms with Crippen molar-refractivity contribution in [3.63, 3.8) is 0 Å². The van der Waals surface area contributed by atoms with Crippen molar-refractivity contribution in [2.24, 2.45) is 10.3 Å². The molecule has 28 heavy (non-hydrogen) atoms. The summed E-state index contributed by atoms with van der Waals surface area (Å²) in [4.78, 5) is 26.3. The Kier molecular flexibility index (Phi) is 7.20. The van der Waals surface area contributed by atoms with Crippen molar-refractivity contribution in [3.05, 3.63) is 64.2 Å². The van der Waals surface area contributed by atoms with Gasteiger partial charge in [-0.15, -0.1) is 0 Å². The standard InChI is InChI=1S/C20H22FN3O4/c1-12-7-6-8-16(19(24-27-5)20(25)26-4)17(12)11-28-23-13(2)15-9-18(21)14(3)22-10-15/h6-10H,11H2,1-5H3/b23-13+,24-19+. The van der Waals surface area contributed by atoms with Gasteiger partial charge >= 0.3 is 5.97 Å². The minimum Gasteiger partial charge on any atom is -0.464 e. The van der Waals surface area contributed by atoms with Gasteiger partial charge in [-0.05, 0) is 32.4 Å². The number of benzene rings is 1. The molecule has 1 aromatic carbocycles. The molecule has 0 amide bonds. The van der Waals surface area contributed by atoms with Crippen molar-refractivity contribution in [1.82, 2.24) is 4.98 Å². The Labute approximate surface area is 162 Å². The van der Waals surface area contributed by atoms with Crippen LogP contribution in [0.5, 0.6) is 0 Å². The number of hydrogen-bond acceptors (Lipinski definition) is 7. The van der Waals surface area contributed by atoms with E-state index in [-0.39, 0.29) is 12.3 Å². The van der Waals surface area contributed by atoms with Gasteiger partial charge in [0.25, 0.3) is 0 Å². The van der Waals surface area contributed by atoms with E-state index in [1.165, 1.54) is 26.5 Å². The third-order valence-corrected chi connectivity index (χ3v) is 4.08. The summed E-state index contributed by atoms with van der Waals surface area (Å²) in [5.74, 6) is -1.04. The van der Waals surface area contributed by atoms with Crippen LogP contribution in [0.15, 0.2) is 40.8 Å². The van der Waals surface area contributed by atoms with Crippen LogP contribution in [-0.4, -0.2) is 36.6 Å². The molecule has 0 aliphatic carbocycles. The molecule has 0 saturated heterocycles. The quantitative estimate of drug-likeness (QED) is 0.414. The van der Waals surface area contributed by atoms with Gasteiger partial charge in [0.1, 0.15) is 19.5 Å². The molecule has 2 rings (SSSR count). The number of rotatable bonds is 7. The van der Waals surface area contributed by atoms with Crippen LogP contribution < -0.4 is 0 Å². The second-order valence-electron chi connectivity index (χ2n) is 5.96. The molecule has 1 aromatic heterocycles. The van der Waals surface area contributed by atoms with Gasteiger partial charge in [0, 0.05) is 22.9 Å². The maximum absolute atomic E-state index is 13.7. The zero-order valence-corrected chi connectivity index (χ0v) is 16.4. The summed E-state index contributed by atoms with van der Waals surface area (Å²) < 4.78 is 18.5. The molecule has 1 heterocycles. The van der Waals surface area contributed by atoms with E-state index in [1.807, 2.05) is 13.0 Å². The van der Waals surface area contributed by atoms with Gasteiger partial charge in [0.2, 0.25) is 0 Å². The molecule has 7 nitrogen and oxygen atoms in total. The number of nitrogens with zero attached hydrogens (tertiary/aromatic N) is 3. The van der Waals surface area contributed by atoms with Crippen LogP contribution in [0.1, 0.15) is 34.9 Å². The Balaban J connectivity index is 2.27. The first-order chi connectivity index (χ1) is 13.4. The number of pyridine rings is 1. The number of carbonyl (C=O) groups excluding carboxylic acids is 1. The average molecular weight is 387 g/mol. The number of carbonyl (C=O) groups is 1. The Bertz CT molecular complexity index is 926. The van der Waals surface area contributed by atoms with Gasteiger partial charge in [-0.1, -0.05) is 28.5 Å². The summed E-state index contributed by atoms with van der Waals surface area (Å²) in [5, 5.41) is 7.81. The molecule has 0 bridgehead atoms. The predicted molar refractivity (Wildman–Crippen MR) is 103 cm³/mol. The first-order valence-electron chi connectivity index (χ1n) is 8.46. The summed E-state index contributed by atoms with van der Waals surface area (Å²) in [7, 11) is 2.61. The third kappa shape index (κ3) is 4.91. The molecule has 0 radical (unpaired) electrons. The van der Waals surface area contributed by atoms with E-state index < -0.39 is 11.8 Å². The molecule has 0 atom stereocenters. The van der Waals surface area contributed by atoms with Gasteiger partial charge in [-0.3, -0.25) is 4.98 Å². The van der Waals surface area contributed by atoms with Crippen LogP contribution >= 0.6 is 0 Å². The van der Waals surface area contributed by atoms with Gasteiger partial charge in [-0.25, -0.2) is 9.18 Å². The van der Waals surface area contributed by atoms with Crippen LogP contribution in [0, 0.1) is 19.7 Å². The molecule has 148 valence electrons. The summed E-state index contributed by atoms with van der Waals surface area (Å²) in [6.45, 7) is 5.22. The van der Waals surface area contributed by atoms with Crippen molar-refractivity contribution in [3.8, 4) is 0 Å². The zero-order chi connectivity index (χ0) is 20.7. The van der Waals surface area contributed by atoms with E-state index in [2.05, 4.69) is 15.3 Å². The summed E-state index contributed by atoms with van der Waals surface area (Å²) in [6.07, 6.45) is 1.53. The van der Waals surface area contributed by atoms with Crippen molar-refractivity contribution in [1.29, 1.82) is 0 Å². The van der Waals surface area contributed by atoms with E-state index in [0.29, 0.717) is 28.1 Å². The summed E-state index contributed by atoms with van der Waals surface area (Å²) >= 11 is 0. The molecule has 0 spiro atoms. The molecular weight excluding hydrogens is 365 g/mol. The van der Waals surface area contributed by atoms with E-state index in [1.54, 1.807) is 26.0 Å². The molecule has 0 aliphatic rings. The number of aryl methyl sites for hydroxylation is 2. The van der Waals surface area contributed by atoms with Gasteiger partial charge in [0.05, 0.1) is 18.5 Å². The lowest BCUT2D eigenvalue weighted by Crippen LogP contribution is -2.20. The molecule has 8 heteroatoms. The van der Waals surface area contributed by atoms with Gasteiger partial charge in [0.15, 0.2) is 5.71 Å². The maximum Gasteiger partial charge on any atom is 0.360 e. The van der Waals surface area contributed by atoms with Crippen LogP contribution in [-0.2, 0) is 25.8 Å². The summed E-state index contributed by atoms with van der Waals surface area (Å²) in [5.41, 5.74) is 3.43. The lowest BCUT2D eigenvalue weighted by Gasteiger charge is -2.12. The normalized spacial score (nSPS) is 11.9. The van der Waals surface area contributed by atoms with Gasteiger partial charge in [-0.2, -0.15) is 0 Å². The van der Waals surface area contributed by atoms with Crippen molar-refractivity contribution in [2.75, 3.05) is 14.2 Å². The molecule has 0 unspecified atom stereocenters. The van der Waals surface area contributed by atoms with Crippen LogP contribution in [0.3, 0.4) is 0 Å². The highest BCUT2D eigenvalue weighted by atomic mass is 19.1. The monoisotopic (exact) mass is 387 g/mol. The fourth-order valence-corrected chi connectivity index (χ4v) is 2.45. The minimum atomic E-state index is -0.630. The topological polar surface area (TPSA) is 82.4 Å². The molecule has 0 fully saturated rings. The number of halogens is 1. The number of aromatic nitrogens is 1. The molecule has 0 aliphatic heterocycles. The minimum absolute atomic E-state index is 0.0257. The highest BCUT2D eigenvalue weighted by Gasteiger charge is 2.20. The number of ether oxygens (including phenoxy) is 1. The van der Waals surface area contributed by atoms with Gasteiger partial charge < -0.3 is 14.4 Å². The van der Waals surface area contributed by atoms with E-state index in [9.17, 15) is 9.18 Å². The number of esters is 1. The second kappa shape index (κ2) is 9.59. The van der Waals surface area contributed by atoms with E-state index >= 15 is 0 Å². The van der Waals surface area contributed by atoms with E-state index in [0.717, 1.165) is 5.56 Å². The lowest BCUT2D eigenvalue weighted by molar-refractivity contribution is -0.132. The van der Waals surface area contributed by atoms with Crippen molar-refractivity contribution in [2.45, 2.75) is 27.4 Å². The average Bonchev–Trinajstić information content (AvgIpc) is 2.68. The Morgan fingerprint density at radius 1 is 1.21 bits per heavy atom. The Morgan fingerprint density at radius 3 is 2.61 bits per heavy atom. The number of hydrogen-bond donors (Lipinski definition) is 0. The molecule has 0 N–H and O–H groups in total. The molecule has 0 saturated carbocycles. The Hall–Kier alpha value is -3.29. The van der Waals surface area contributed by atoms with Crippen LogP contribution in [0.25, 0.3) is 0 Å². The molecule has 2 aromatic rings. The maximum atomic E-state index is 13.7. The van der Waals surface area contributed by atoms with Crippen LogP contribution in [0.2, 0.25) is 0 Å². The fraction of sp³-hybridized carbons (Fsp3) is 0.300. The van der Waals surface area contributed by atoms with Crippen LogP contribution in [0.4, 0.5) is 4.39 Å². The Morgan fingerprint density at radius 2 is 1.96 bits per heavy atom.